The average molecular weight is 830 g/mol. The predicted octanol–water partition coefficient (Wildman–Crippen LogP) is 3.47. The van der Waals surface area contributed by atoms with E-state index >= 15 is 0 Å². The molecule has 4 aliphatic rings. The topological polar surface area (TPSA) is 0 Å². The Morgan fingerprint density at radius 2 is 1.30 bits per heavy atom. The van der Waals surface area contributed by atoms with Crippen LogP contribution in [0.3, 0.4) is 0 Å². The summed E-state index contributed by atoms with van der Waals surface area (Å²) < 4.78 is 0. The minimum Gasteiger partial charge on any atom is -0.214 e. The number of hydrogen-bond donors (Lipinski definition) is 0. The molecule has 5 unspecified atom stereocenters. The fraction of sp³-hybridized carbons (Fsp3) is 0.381. The van der Waals surface area contributed by atoms with E-state index in [-0.39, 0.29) is 24.8 Å². The van der Waals surface area contributed by atoms with Gasteiger partial charge in [-0.3, -0.25) is 0 Å². The molecule has 0 amide bonds. The Morgan fingerprint density at radius 1 is 0.761 bits per heavy atom. The molecule has 0 aliphatic heterocycles. The zero-order valence-electron chi connectivity index (χ0n) is 27.9. The van der Waals surface area contributed by atoms with E-state index in [0.29, 0.717) is 5.41 Å². The Hall–Kier alpha value is -1.71. The Bertz CT molecular complexity index is 1500. The van der Waals surface area contributed by atoms with Crippen molar-refractivity contribution in [3.05, 3.63) is 143 Å². The molecule has 0 radical (unpaired) electrons. The molecular weight excluding hydrogens is 782 g/mol. The van der Waals surface area contributed by atoms with E-state index in [1.165, 1.54) is 71.9 Å². The van der Waals surface area contributed by atoms with Crippen LogP contribution in [0.25, 0.3) is 0 Å². The van der Waals surface area contributed by atoms with Gasteiger partial charge in [0.1, 0.15) is 0 Å². The normalized spacial score (nSPS) is 24.9. The number of benzene rings is 3. The summed E-state index contributed by atoms with van der Waals surface area (Å²) in [6, 6.07) is 41.1. The minimum atomic E-state index is -0.406. The molecule has 0 bridgehead atoms. The van der Waals surface area contributed by atoms with Gasteiger partial charge in [0.15, 0.2) is 0 Å². The van der Waals surface area contributed by atoms with E-state index in [4.69, 9.17) is 0 Å². The van der Waals surface area contributed by atoms with Crippen LogP contribution in [-0.2, 0) is 29.4 Å². The number of halogens is 2. The number of hydrogen-bond acceptors (Lipinski definition) is 0. The van der Waals surface area contributed by atoms with Crippen LogP contribution in [0.2, 0.25) is 0 Å². The van der Waals surface area contributed by atoms with E-state index < -0.39 is 5.49 Å². The Labute approximate surface area is 306 Å². The van der Waals surface area contributed by atoms with Crippen molar-refractivity contribution in [1.82, 2.24) is 0 Å². The van der Waals surface area contributed by atoms with Gasteiger partial charge in [-0.25, -0.2) is 29.2 Å². The number of rotatable bonds is 2. The number of allylic oxidation sites excluding steroid dienone is 2. The zero-order chi connectivity index (χ0) is 30.7. The fourth-order valence-electron chi connectivity index (χ4n) is 8.71. The van der Waals surface area contributed by atoms with Crippen LogP contribution in [0.4, 0.5) is 0 Å². The van der Waals surface area contributed by atoms with Crippen LogP contribution < -0.4 is 35.2 Å². The van der Waals surface area contributed by atoms with Crippen LogP contribution in [0.15, 0.2) is 126 Å². The Balaban J connectivity index is 0.000000193. The second-order valence-electron chi connectivity index (χ2n) is 14.1. The molecule has 4 heteroatoms. The van der Waals surface area contributed by atoms with Crippen LogP contribution in [0, 0.1) is 35.0 Å². The predicted molar refractivity (Wildman–Crippen MR) is 185 cm³/mol. The summed E-state index contributed by atoms with van der Waals surface area (Å²) in [6.07, 6.45) is 8.52. The largest absolute Gasteiger partial charge is 0.214 e. The SMILES string of the molecule is C[C-]1C2=C3Cc4ccccc4C3C3CCCCC3C2CC(C)C1(C)C.[Cl-].[Cl-].[Hf+2]=[Si](c1ccccc1)c1ccccc1.c1cc[cH-]c1. The van der Waals surface area contributed by atoms with Crippen molar-refractivity contribution in [2.45, 2.75) is 72.1 Å². The van der Waals surface area contributed by atoms with Crippen molar-refractivity contribution in [3.63, 3.8) is 0 Å². The molecule has 0 heterocycles. The molecule has 4 aliphatic carbocycles. The summed E-state index contributed by atoms with van der Waals surface area (Å²) in [7, 11) is 0. The molecule has 5 atom stereocenters. The summed E-state index contributed by atoms with van der Waals surface area (Å²) in [5.41, 5.74) is 6.95. The third kappa shape index (κ3) is 7.62. The minimum absolute atomic E-state index is 0. The summed E-state index contributed by atoms with van der Waals surface area (Å²) in [5.74, 6) is 6.00. The maximum Gasteiger partial charge on any atom is -0.172 e. The summed E-state index contributed by atoms with van der Waals surface area (Å²) in [4.78, 5) is 0. The molecule has 240 valence electrons. The molecular formula is C42H48Cl2HfSi-2. The van der Waals surface area contributed by atoms with Gasteiger partial charge in [-0.15, -0.1) is 6.92 Å². The average Bonchev–Trinajstić information content (AvgIpc) is 3.77. The molecule has 46 heavy (non-hydrogen) atoms. The zero-order valence-corrected chi connectivity index (χ0v) is 34.0. The summed E-state index contributed by atoms with van der Waals surface area (Å²) >= 11 is 1.27. The van der Waals surface area contributed by atoms with Crippen molar-refractivity contribution in [3.8, 4) is 0 Å². The first-order valence-corrected chi connectivity index (χ1v) is 23.8. The van der Waals surface area contributed by atoms with Gasteiger partial charge in [0.2, 0.25) is 0 Å². The third-order valence-electron chi connectivity index (χ3n) is 11.6. The maximum absolute atomic E-state index is 2.51. The standard InChI is InChI=1S/C25H33.C12H10Si.C5H5.2ClH.Hf/c1-15-13-21-19-11-7-8-12-20(19)24-18-10-6-5-9-17(18)14-22(24)23(21)16(2)25(15,3)4;1-3-7-11(8-4-1)13-12-9-5-2-6-10-12;1-2-4-5-3-1;;;/h5-6,9-10,15,19-21,24H,7-8,11-14H2,1-4H3;1-10H;1-5H;2*1H;/q-1;;-1;;;+2/p-2. The summed E-state index contributed by atoms with van der Waals surface area (Å²) in [6.45, 7) is 9.99. The molecule has 8 rings (SSSR count). The van der Waals surface area contributed by atoms with Gasteiger partial charge < -0.3 is 24.8 Å². The van der Waals surface area contributed by atoms with E-state index in [2.05, 4.69) is 113 Å². The van der Waals surface area contributed by atoms with Gasteiger partial charge in [-0.1, -0.05) is 99.1 Å². The van der Waals surface area contributed by atoms with Crippen molar-refractivity contribution in [2.24, 2.45) is 29.1 Å². The molecule has 0 aromatic heterocycles. The van der Waals surface area contributed by atoms with E-state index in [9.17, 15) is 0 Å². The van der Waals surface area contributed by atoms with Gasteiger partial charge in [-0.05, 0) is 30.6 Å². The van der Waals surface area contributed by atoms with Crippen LogP contribution >= 0.6 is 0 Å². The van der Waals surface area contributed by atoms with Crippen molar-refractivity contribution in [2.75, 3.05) is 0 Å². The van der Waals surface area contributed by atoms with Crippen LogP contribution in [0.5, 0.6) is 0 Å². The Kier molecular flexibility index (Phi) is 13.4. The first-order chi connectivity index (χ1) is 21.4. The first kappa shape index (κ1) is 37.1. The molecule has 0 nitrogen and oxygen atoms in total. The maximum atomic E-state index is 2.51. The van der Waals surface area contributed by atoms with Gasteiger partial charge in [0.25, 0.3) is 0 Å². The second-order valence-corrected chi connectivity index (χ2v) is 21.4. The van der Waals surface area contributed by atoms with E-state index in [1.807, 2.05) is 41.5 Å². The molecule has 2 fully saturated rings. The fourth-order valence-corrected chi connectivity index (χ4v) is 13.7. The molecule has 0 spiro atoms. The van der Waals surface area contributed by atoms with Crippen molar-refractivity contribution < 1.29 is 47.8 Å². The second kappa shape index (κ2) is 16.6. The number of fused-ring (bicyclic) bond motifs is 7. The molecule has 4 aromatic rings. The Morgan fingerprint density at radius 3 is 1.87 bits per heavy atom. The van der Waals surface area contributed by atoms with Gasteiger partial charge in [-0.2, -0.15) is 18.2 Å². The van der Waals surface area contributed by atoms with Crippen molar-refractivity contribution >= 4 is 15.9 Å². The monoisotopic (exact) mass is 830 g/mol. The third-order valence-corrected chi connectivity index (χ3v) is 19.6. The first-order valence-electron chi connectivity index (χ1n) is 16.9. The van der Waals surface area contributed by atoms with Gasteiger partial charge in [0, 0.05) is 0 Å². The smallest absolute Gasteiger partial charge is 0.172 e. The summed E-state index contributed by atoms with van der Waals surface area (Å²) in [5, 5.41) is 3.07. The molecule has 0 N–H and O–H groups in total. The van der Waals surface area contributed by atoms with Crippen molar-refractivity contribution in [1.29, 1.82) is 0 Å². The molecule has 4 aromatic carbocycles. The van der Waals surface area contributed by atoms with Gasteiger partial charge >= 0.3 is 99.5 Å². The van der Waals surface area contributed by atoms with Gasteiger partial charge in [0.05, 0.1) is 0 Å². The molecule has 2 saturated carbocycles. The quantitative estimate of drug-likeness (QED) is 0.215. The van der Waals surface area contributed by atoms with Crippen LogP contribution in [0.1, 0.15) is 76.8 Å². The molecule has 0 saturated heterocycles. The van der Waals surface area contributed by atoms with E-state index in [1.54, 1.807) is 17.0 Å². The van der Waals surface area contributed by atoms with Crippen LogP contribution in [-0.4, -0.2) is 5.49 Å². The van der Waals surface area contributed by atoms with E-state index in [0.717, 1.165) is 29.6 Å².